The zero-order valence-electron chi connectivity index (χ0n) is 17.9. The van der Waals surface area contributed by atoms with E-state index in [1.165, 1.54) is 11.3 Å². The highest BCUT2D eigenvalue weighted by Gasteiger charge is 2.38. The van der Waals surface area contributed by atoms with Crippen molar-refractivity contribution in [2.75, 3.05) is 23.3 Å². The van der Waals surface area contributed by atoms with Gasteiger partial charge in [-0.25, -0.2) is 4.52 Å². The molecule has 32 heavy (non-hydrogen) atoms. The highest BCUT2D eigenvalue weighted by atomic mass is 32.1. The van der Waals surface area contributed by atoms with E-state index in [-0.39, 0.29) is 6.04 Å². The van der Waals surface area contributed by atoms with E-state index in [0.717, 1.165) is 38.3 Å². The van der Waals surface area contributed by atoms with Crippen LogP contribution < -0.4 is 10.2 Å². The van der Waals surface area contributed by atoms with Gasteiger partial charge < -0.3 is 15.3 Å². The van der Waals surface area contributed by atoms with E-state index in [2.05, 4.69) is 45.5 Å². The van der Waals surface area contributed by atoms with Crippen molar-refractivity contribution in [2.45, 2.75) is 32.4 Å². The van der Waals surface area contributed by atoms with Gasteiger partial charge in [0.25, 0.3) is 0 Å². The predicted molar refractivity (Wildman–Crippen MR) is 124 cm³/mol. The molecule has 0 aromatic carbocycles. The summed E-state index contributed by atoms with van der Waals surface area (Å²) in [7, 11) is 0. The van der Waals surface area contributed by atoms with Crippen molar-refractivity contribution in [2.24, 2.45) is 0 Å². The standard InChI is InChI=1S/C22H22N8OS/c1-13(2)26-17-7-18(19-5-4-15-6-14(8-23)9-25-30(15)19)24-10-16(17)20-27-28-21(32-20)29-11-22(3,31)12-29/h4-7,9-10,13,31H,11-12H2,1-3H3,(H,24,26). The van der Waals surface area contributed by atoms with Gasteiger partial charge in [-0.3, -0.25) is 4.98 Å². The van der Waals surface area contributed by atoms with Crippen LogP contribution in [0.2, 0.25) is 0 Å². The Morgan fingerprint density at radius 3 is 2.75 bits per heavy atom. The quantitative estimate of drug-likeness (QED) is 0.480. The van der Waals surface area contributed by atoms with Crippen LogP contribution in [0.4, 0.5) is 10.8 Å². The second kappa shape index (κ2) is 7.55. The number of anilines is 2. The highest BCUT2D eigenvalue weighted by Crippen LogP contribution is 2.37. The van der Waals surface area contributed by atoms with Gasteiger partial charge in [0.1, 0.15) is 6.07 Å². The maximum absolute atomic E-state index is 10.0. The molecule has 4 aromatic rings. The van der Waals surface area contributed by atoms with E-state index in [1.807, 2.05) is 30.0 Å². The smallest absolute Gasteiger partial charge is 0.208 e. The first-order valence-corrected chi connectivity index (χ1v) is 11.1. The molecule has 0 bridgehead atoms. The molecule has 5 rings (SSSR count). The largest absolute Gasteiger partial charge is 0.386 e. The maximum Gasteiger partial charge on any atom is 0.208 e. The predicted octanol–water partition coefficient (Wildman–Crippen LogP) is 3.18. The van der Waals surface area contributed by atoms with E-state index < -0.39 is 5.60 Å². The average molecular weight is 447 g/mol. The minimum absolute atomic E-state index is 0.210. The average Bonchev–Trinajstić information content (AvgIpc) is 3.38. The molecule has 1 aliphatic heterocycles. The van der Waals surface area contributed by atoms with E-state index >= 15 is 0 Å². The number of rotatable bonds is 5. The van der Waals surface area contributed by atoms with E-state index in [0.29, 0.717) is 18.7 Å². The van der Waals surface area contributed by atoms with Crippen LogP contribution in [0.15, 0.2) is 36.7 Å². The number of fused-ring (bicyclic) bond motifs is 1. The molecule has 0 amide bonds. The highest BCUT2D eigenvalue weighted by molar-refractivity contribution is 7.18. The Morgan fingerprint density at radius 2 is 2.03 bits per heavy atom. The maximum atomic E-state index is 10.0. The number of β-amino-alcohol motifs (C(OH)–C–C–N with tert-alkyl or cyclic N) is 1. The lowest BCUT2D eigenvalue weighted by Crippen LogP contribution is -2.60. The molecule has 4 aromatic heterocycles. The third kappa shape index (κ3) is 3.66. The van der Waals surface area contributed by atoms with E-state index in [4.69, 9.17) is 5.26 Å². The van der Waals surface area contributed by atoms with Crippen molar-refractivity contribution in [1.82, 2.24) is 24.8 Å². The Balaban J connectivity index is 1.52. The van der Waals surface area contributed by atoms with Gasteiger partial charge in [0, 0.05) is 17.9 Å². The van der Waals surface area contributed by atoms with Crippen LogP contribution >= 0.6 is 11.3 Å². The van der Waals surface area contributed by atoms with Crippen LogP contribution in [-0.4, -0.2) is 54.6 Å². The van der Waals surface area contributed by atoms with Crippen LogP contribution in [0, 0.1) is 11.3 Å². The third-order valence-electron chi connectivity index (χ3n) is 5.22. The second-order valence-electron chi connectivity index (χ2n) is 8.57. The van der Waals surface area contributed by atoms with Gasteiger partial charge in [0.2, 0.25) is 5.13 Å². The zero-order chi connectivity index (χ0) is 22.5. The molecule has 1 saturated heterocycles. The number of hydrogen-bond donors (Lipinski definition) is 2. The van der Waals surface area contributed by atoms with Gasteiger partial charge >= 0.3 is 0 Å². The van der Waals surface area contributed by atoms with Crippen LogP contribution in [0.5, 0.6) is 0 Å². The van der Waals surface area contributed by atoms with E-state index in [9.17, 15) is 5.11 Å². The zero-order valence-corrected chi connectivity index (χ0v) is 18.8. The van der Waals surface area contributed by atoms with Crippen molar-refractivity contribution in [1.29, 1.82) is 5.26 Å². The third-order valence-corrected chi connectivity index (χ3v) is 6.24. The van der Waals surface area contributed by atoms with Gasteiger partial charge in [0.15, 0.2) is 5.01 Å². The molecule has 0 atom stereocenters. The fourth-order valence-electron chi connectivity index (χ4n) is 3.81. The second-order valence-corrected chi connectivity index (χ2v) is 9.52. The summed E-state index contributed by atoms with van der Waals surface area (Å²) in [6.45, 7) is 7.08. The molecular formula is C22H22N8OS. The number of nitriles is 1. The summed E-state index contributed by atoms with van der Waals surface area (Å²) in [5.74, 6) is 0. The summed E-state index contributed by atoms with van der Waals surface area (Å²) < 4.78 is 1.78. The van der Waals surface area contributed by atoms with Crippen molar-refractivity contribution in [3.63, 3.8) is 0 Å². The van der Waals surface area contributed by atoms with Gasteiger partial charge in [0.05, 0.1) is 52.9 Å². The lowest BCUT2D eigenvalue weighted by molar-refractivity contribution is 0.0309. The number of pyridine rings is 1. The SMILES string of the molecule is CC(C)Nc1cc(-c2ccc3cc(C#N)cnn23)ncc1-c1nnc(N2CC(C)(O)C2)s1. The summed E-state index contributed by atoms with van der Waals surface area (Å²) in [6.07, 6.45) is 3.35. The normalized spacial score (nSPS) is 15.1. The first-order chi connectivity index (χ1) is 15.3. The summed E-state index contributed by atoms with van der Waals surface area (Å²) in [5, 5.41) is 37.3. The molecule has 2 N–H and O–H groups in total. The fraction of sp³-hybridized carbons (Fsp3) is 0.318. The van der Waals surface area contributed by atoms with Crippen molar-refractivity contribution < 1.29 is 5.11 Å². The molecule has 1 fully saturated rings. The van der Waals surface area contributed by atoms with E-state index in [1.54, 1.807) is 23.0 Å². The number of hydrogen-bond acceptors (Lipinski definition) is 9. The fourth-order valence-corrected chi connectivity index (χ4v) is 4.68. The molecule has 1 aliphatic rings. The monoisotopic (exact) mass is 446 g/mol. The molecule has 0 unspecified atom stereocenters. The van der Waals surface area contributed by atoms with Crippen LogP contribution in [-0.2, 0) is 0 Å². The van der Waals surface area contributed by atoms with Crippen LogP contribution in [0.1, 0.15) is 26.3 Å². The molecular weight excluding hydrogens is 424 g/mol. The molecule has 162 valence electrons. The topological polar surface area (TPSA) is 115 Å². The molecule has 5 heterocycles. The van der Waals surface area contributed by atoms with Gasteiger partial charge in [-0.2, -0.15) is 10.4 Å². The molecule has 0 spiro atoms. The number of aromatic nitrogens is 5. The Labute approximate surface area is 189 Å². The van der Waals surface area contributed by atoms with Crippen molar-refractivity contribution in [3.8, 4) is 28.0 Å². The molecule has 0 saturated carbocycles. The Hall–Kier alpha value is -3.55. The first kappa shape index (κ1) is 20.4. The van der Waals surface area contributed by atoms with Crippen molar-refractivity contribution in [3.05, 3.63) is 42.2 Å². The molecule has 9 nitrogen and oxygen atoms in total. The van der Waals surface area contributed by atoms with Crippen molar-refractivity contribution >= 4 is 27.7 Å². The number of nitrogens with one attached hydrogen (secondary N) is 1. The first-order valence-electron chi connectivity index (χ1n) is 10.3. The Kier molecular flexibility index (Phi) is 4.80. The summed E-state index contributed by atoms with van der Waals surface area (Å²) >= 11 is 1.49. The van der Waals surface area contributed by atoms with Gasteiger partial charge in [-0.05, 0) is 45.0 Å². The molecule has 0 radical (unpaired) electrons. The van der Waals surface area contributed by atoms with Gasteiger partial charge in [-0.15, -0.1) is 10.2 Å². The Bertz CT molecular complexity index is 1340. The number of nitrogens with zero attached hydrogens (tertiary/aromatic N) is 7. The summed E-state index contributed by atoms with van der Waals surface area (Å²) in [4.78, 5) is 6.71. The van der Waals surface area contributed by atoms with Crippen LogP contribution in [0.3, 0.4) is 0 Å². The summed E-state index contributed by atoms with van der Waals surface area (Å²) in [5.41, 5.74) is 4.07. The molecule has 0 aliphatic carbocycles. The number of aliphatic hydroxyl groups is 1. The Morgan fingerprint density at radius 1 is 1.22 bits per heavy atom. The minimum Gasteiger partial charge on any atom is -0.386 e. The molecule has 10 heteroatoms. The summed E-state index contributed by atoms with van der Waals surface area (Å²) in [6, 6.07) is 9.99. The van der Waals surface area contributed by atoms with Crippen LogP contribution in [0.25, 0.3) is 27.5 Å². The lowest BCUT2D eigenvalue weighted by Gasteiger charge is -2.43. The van der Waals surface area contributed by atoms with Gasteiger partial charge in [-0.1, -0.05) is 11.3 Å². The lowest BCUT2D eigenvalue weighted by atomic mass is 9.98. The minimum atomic E-state index is -0.665.